The zero-order valence-corrected chi connectivity index (χ0v) is 22.6. The highest BCUT2D eigenvalue weighted by Crippen LogP contribution is 2.38. The number of anilines is 3. The third-order valence-electron chi connectivity index (χ3n) is 7.17. The number of aliphatic carboxylic acids is 1. The first-order valence-electron chi connectivity index (χ1n) is 12.4. The van der Waals surface area contributed by atoms with Gasteiger partial charge in [-0.1, -0.05) is 17.4 Å². The van der Waals surface area contributed by atoms with E-state index in [0.29, 0.717) is 10.5 Å². The lowest BCUT2D eigenvalue weighted by Crippen LogP contribution is -2.48. The first-order valence-corrected chi connectivity index (χ1v) is 14.3. The summed E-state index contributed by atoms with van der Waals surface area (Å²) in [6.07, 6.45) is -0.857. The van der Waals surface area contributed by atoms with Crippen molar-refractivity contribution in [2.24, 2.45) is 0 Å². The van der Waals surface area contributed by atoms with Gasteiger partial charge in [-0.05, 0) is 42.3 Å². The van der Waals surface area contributed by atoms with Crippen LogP contribution >= 0.6 is 11.3 Å². The number of hydrogen-bond acceptors (Lipinski definition) is 9. The number of rotatable bonds is 8. The number of hydrogen-bond donors (Lipinski definition) is 3. The average Bonchev–Trinajstić information content (AvgIpc) is 3.64. The highest BCUT2D eigenvalue weighted by atomic mass is 32.2. The Morgan fingerprint density at radius 3 is 2.60 bits per heavy atom. The fraction of sp³-hybridized carbons (Fsp3) is 0.417. The molecule has 11 nitrogen and oxygen atoms in total. The number of likely N-dealkylation sites (tertiary alicyclic amines) is 1. The van der Waals surface area contributed by atoms with Gasteiger partial charge >= 0.3 is 12.1 Å². The number of pyridine rings is 1. The SMILES string of the molecule is Nc1nccc2cc(C[C@H](C(=O)O)N3CC[C@H](N(c4cnc(N5CCCC5)s4)[SH](=O)=O)C3=O)c(C(F)(F)F)cc12. The average molecular weight is 599 g/mol. The maximum absolute atomic E-state index is 14.0. The van der Waals surface area contributed by atoms with Crippen molar-refractivity contribution in [3.63, 3.8) is 0 Å². The van der Waals surface area contributed by atoms with Gasteiger partial charge in [-0.25, -0.2) is 27.5 Å². The Hall–Kier alpha value is -3.66. The van der Waals surface area contributed by atoms with Gasteiger partial charge in [0, 0.05) is 37.6 Å². The van der Waals surface area contributed by atoms with Gasteiger partial charge in [0.1, 0.15) is 22.9 Å². The van der Waals surface area contributed by atoms with Gasteiger partial charge in [-0.3, -0.25) is 4.79 Å². The molecule has 1 aromatic carbocycles. The van der Waals surface area contributed by atoms with Crippen molar-refractivity contribution in [1.82, 2.24) is 14.9 Å². The summed E-state index contributed by atoms with van der Waals surface area (Å²) in [5.41, 5.74) is 4.33. The van der Waals surface area contributed by atoms with Gasteiger partial charge in [-0.15, -0.1) is 0 Å². The molecule has 2 fully saturated rings. The Kier molecular flexibility index (Phi) is 7.48. The van der Waals surface area contributed by atoms with Crippen molar-refractivity contribution in [3.05, 3.63) is 41.7 Å². The molecule has 0 radical (unpaired) electrons. The maximum atomic E-state index is 14.0. The third kappa shape index (κ3) is 5.24. The Labute approximate surface area is 232 Å². The molecular weight excluding hydrogens is 573 g/mol. The number of nitrogens with two attached hydrogens (primary N) is 1. The summed E-state index contributed by atoms with van der Waals surface area (Å²) in [5, 5.41) is 11.2. The van der Waals surface area contributed by atoms with Crippen LogP contribution in [0.5, 0.6) is 0 Å². The van der Waals surface area contributed by atoms with Crippen LogP contribution in [0.1, 0.15) is 30.4 Å². The molecule has 0 aliphatic carbocycles. The fourth-order valence-electron chi connectivity index (χ4n) is 5.25. The van der Waals surface area contributed by atoms with E-state index in [1.54, 1.807) is 0 Å². The van der Waals surface area contributed by atoms with Crippen molar-refractivity contribution in [3.8, 4) is 0 Å². The van der Waals surface area contributed by atoms with Crippen LogP contribution in [0.15, 0.2) is 30.6 Å². The number of nitrogen functional groups attached to an aromatic ring is 1. The van der Waals surface area contributed by atoms with Crippen LogP contribution in [0.4, 0.5) is 29.1 Å². The molecule has 16 heteroatoms. The Bertz CT molecular complexity index is 1530. The normalized spacial score (nSPS) is 18.7. The highest BCUT2D eigenvalue weighted by Gasteiger charge is 2.44. The summed E-state index contributed by atoms with van der Waals surface area (Å²) in [5.74, 6) is -2.42. The van der Waals surface area contributed by atoms with Crippen LogP contribution in [0.3, 0.4) is 0 Å². The number of alkyl halides is 3. The third-order valence-corrected chi connectivity index (χ3v) is 9.20. The predicted molar refractivity (Wildman–Crippen MR) is 143 cm³/mol. The largest absolute Gasteiger partial charge is 0.480 e. The summed E-state index contributed by atoms with van der Waals surface area (Å²) in [6.45, 7) is 1.42. The topological polar surface area (TPSA) is 150 Å². The van der Waals surface area contributed by atoms with Crippen molar-refractivity contribution in [2.45, 2.75) is 43.9 Å². The molecule has 2 aliphatic rings. The minimum atomic E-state index is -4.83. The first kappa shape index (κ1) is 27.9. The number of carboxylic acid groups (broad SMARTS) is 1. The lowest BCUT2D eigenvalue weighted by atomic mass is 9.95. The zero-order chi connectivity index (χ0) is 28.8. The summed E-state index contributed by atoms with van der Waals surface area (Å²) in [7, 11) is -3.30. The number of aromatic nitrogens is 2. The first-order chi connectivity index (χ1) is 19.0. The standard InChI is InChI=1S/C24H25F3N6O5S2/c25-24(26,27)16-11-15-13(3-5-29-20(15)28)9-14(16)10-18(22(35)36)32-8-4-17(21(32)34)33(40(37)38)19-12-30-23(39-19)31-6-1-2-7-31/h3,5,9,11-12,17-18,40H,1-2,4,6-8,10H2,(H2,28,29)(H,35,36)/t17-,18+/m0/s1. The fourth-order valence-corrected chi connectivity index (χ4v) is 7.16. The Morgan fingerprint density at radius 2 is 1.95 bits per heavy atom. The quantitative estimate of drug-likeness (QED) is 0.333. The van der Waals surface area contributed by atoms with Crippen LogP contribution in [-0.2, 0) is 33.1 Å². The van der Waals surface area contributed by atoms with E-state index in [2.05, 4.69) is 9.97 Å². The number of nitrogens with zero attached hydrogens (tertiary/aromatic N) is 5. The summed E-state index contributed by atoms with van der Waals surface area (Å²) < 4.78 is 67.4. The summed E-state index contributed by atoms with van der Waals surface area (Å²) >= 11 is 1.11. The van der Waals surface area contributed by atoms with E-state index in [-0.39, 0.29) is 34.7 Å². The minimum absolute atomic E-state index is 0.0328. The molecule has 2 aliphatic heterocycles. The number of amides is 1. The molecule has 3 N–H and O–H groups in total. The van der Waals surface area contributed by atoms with Crippen molar-refractivity contribution in [2.75, 3.05) is 34.6 Å². The second-order valence-electron chi connectivity index (χ2n) is 9.58. The van der Waals surface area contributed by atoms with Gasteiger partial charge < -0.3 is 20.6 Å². The van der Waals surface area contributed by atoms with Gasteiger partial charge in [0.2, 0.25) is 16.8 Å². The van der Waals surface area contributed by atoms with Gasteiger partial charge in [-0.2, -0.15) is 13.2 Å². The summed E-state index contributed by atoms with van der Waals surface area (Å²) in [6, 6.07) is 0.576. The predicted octanol–water partition coefficient (Wildman–Crippen LogP) is 2.52. The van der Waals surface area contributed by atoms with E-state index in [9.17, 15) is 36.3 Å². The van der Waals surface area contributed by atoms with E-state index in [4.69, 9.17) is 5.73 Å². The molecular formula is C24H25F3N6O5S2. The number of thiol groups is 1. The molecule has 3 aromatic rings. The van der Waals surface area contributed by atoms with E-state index >= 15 is 0 Å². The van der Waals surface area contributed by atoms with E-state index in [0.717, 1.165) is 52.5 Å². The van der Waals surface area contributed by atoms with Crippen molar-refractivity contribution in [1.29, 1.82) is 0 Å². The molecule has 2 aromatic heterocycles. The van der Waals surface area contributed by atoms with Crippen molar-refractivity contribution >= 4 is 60.8 Å². The number of fused-ring (bicyclic) bond motifs is 1. The second kappa shape index (κ2) is 10.7. The minimum Gasteiger partial charge on any atom is -0.480 e. The van der Waals surface area contributed by atoms with Gasteiger partial charge in [0.05, 0.1) is 11.8 Å². The molecule has 0 saturated carbocycles. The van der Waals surface area contributed by atoms with Crippen molar-refractivity contribution < 1.29 is 36.3 Å². The number of carbonyl (C=O) groups is 2. The van der Waals surface area contributed by atoms with Crippen LogP contribution < -0.4 is 14.9 Å². The molecule has 0 unspecified atom stereocenters. The number of carboxylic acids is 1. The molecule has 4 heterocycles. The molecule has 2 atom stereocenters. The molecule has 5 rings (SSSR count). The molecule has 1 amide bonds. The van der Waals surface area contributed by atoms with Crippen LogP contribution in [0.25, 0.3) is 10.8 Å². The molecule has 0 bridgehead atoms. The number of halogens is 3. The van der Waals surface area contributed by atoms with Crippen LogP contribution in [-0.4, -0.2) is 72.0 Å². The number of thiazole rings is 1. The molecule has 2 saturated heterocycles. The summed E-state index contributed by atoms with van der Waals surface area (Å²) in [4.78, 5) is 36.8. The smallest absolute Gasteiger partial charge is 0.416 e. The van der Waals surface area contributed by atoms with Crippen LogP contribution in [0, 0.1) is 0 Å². The number of benzene rings is 1. The number of carbonyl (C=O) groups excluding carboxylic acids is 1. The van der Waals surface area contributed by atoms with Gasteiger partial charge in [0.25, 0.3) is 0 Å². The lowest BCUT2D eigenvalue weighted by Gasteiger charge is -2.27. The van der Waals surface area contributed by atoms with E-state index < -0.39 is 53.0 Å². The highest BCUT2D eigenvalue weighted by molar-refractivity contribution is 7.74. The molecule has 40 heavy (non-hydrogen) atoms. The molecule has 214 valence electrons. The van der Waals surface area contributed by atoms with Gasteiger partial charge in [0.15, 0.2) is 5.13 Å². The lowest BCUT2D eigenvalue weighted by molar-refractivity contribution is -0.149. The second-order valence-corrected chi connectivity index (χ2v) is 11.5. The van der Waals surface area contributed by atoms with Crippen LogP contribution in [0.2, 0.25) is 0 Å². The molecule has 0 spiro atoms. The Morgan fingerprint density at radius 1 is 1.23 bits per heavy atom. The Balaban J connectivity index is 1.44. The van der Waals surface area contributed by atoms with E-state index in [1.807, 2.05) is 4.90 Å². The maximum Gasteiger partial charge on any atom is 0.416 e. The van der Waals surface area contributed by atoms with E-state index in [1.165, 1.54) is 24.5 Å². The zero-order valence-electron chi connectivity index (χ0n) is 20.9. The monoisotopic (exact) mass is 598 g/mol.